The summed E-state index contributed by atoms with van der Waals surface area (Å²) in [5, 5.41) is 11.0. The number of esters is 1. The summed E-state index contributed by atoms with van der Waals surface area (Å²) in [5.74, 6) is -0.365. The molecule has 1 unspecified atom stereocenters. The first-order chi connectivity index (χ1) is 10.0. The van der Waals surface area contributed by atoms with Gasteiger partial charge in [0.15, 0.2) is 0 Å². The van der Waals surface area contributed by atoms with Gasteiger partial charge in [0.1, 0.15) is 6.04 Å². The molecule has 21 heavy (non-hydrogen) atoms. The fraction of sp³-hybridized carbons (Fsp3) is 0.462. The Kier molecular flexibility index (Phi) is 5.27. The number of nitrogens with zero attached hydrogens (tertiary/aromatic N) is 2. The fourth-order valence-electron chi connectivity index (χ4n) is 2.23. The average Bonchev–Trinajstić information content (AvgIpc) is 2.49. The lowest BCUT2D eigenvalue weighted by molar-refractivity contribution is -0.385. The van der Waals surface area contributed by atoms with Crippen molar-refractivity contribution in [3.05, 3.63) is 38.3 Å². The van der Waals surface area contributed by atoms with Crippen molar-refractivity contribution in [2.75, 3.05) is 26.9 Å². The van der Waals surface area contributed by atoms with Gasteiger partial charge in [0, 0.05) is 19.2 Å². The Bertz CT molecular complexity index is 551. The Hall–Kier alpha value is -1.51. The molecule has 1 atom stereocenters. The highest BCUT2D eigenvalue weighted by molar-refractivity contribution is 9.10. The Morgan fingerprint density at radius 1 is 1.62 bits per heavy atom. The van der Waals surface area contributed by atoms with Crippen molar-refractivity contribution in [1.29, 1.82) is 0 Å². The van der Waals surface area contributed by atoms with Crippen LogP contribution in [0, 0.1) is 10.1 Å². The number of carbonyl (C=O) groups excluding carboxylic acids is 1. The first-order valence-corrected chi connectivity index (χ1v) is 7.15. The van der Waals surface area contributed by atoms with Crippen LogP contribution in [-0.2, 0) is 20.8 Å². The SMILES string of the molecule is COC(=O)C1COCCN1Cc1cccc([N+](=O)[O-])c1Br. The Labute approximate surface area is 130 Å². The van der Waals surface area contributed by atoms with Crippen molar-refractivity contribution in [3.63, 3.8) is 0 Å². The molecule has 7 nitrogen and oxygen atoms in total. The zero-order chi connectivity index (χ0) is 15.4. The minimum Gasteiger partial charge on any atom is -0.468 e. The zero-order valence-electron chi connectivity index (χ0n) is 11.5. The van der Waals surface area contributed by atoms with Crippen molar-refractivity contribution < 1.29 is 19.2 Å². The summed E-state index contributed by atoms with van der Waals surface area (Å²) >= 11 is 3.27. The number of halogens is 1. The van der Waals surface area contributed by atoms with Gasteiger partial charge in [-0.2, -0.15) is 0 Å². The molecule has 0 spiro atoms. The van der Waals surface area contributed by atoms with Gasteiger partial charge in [-0.25, -0.2) is 0 Å². The number of carbonyl (C=O) groups is 1. The summed E-state index contributed by atoms with van der Waals surface area (Å²) < 4.78 is 10.5. The van der Waals surface area contributed by atoms with Gasteiger partial charge in [-0.15, -0.1) is 0 Å². The second-order valence-corrected chi connectivity index (χ2v) is 5.38. The second-order valence-electron chi connectivity index (χ2n) is 4.59. The molecule has 1 aliphatic heterocycles. The number of nitro groups is 1. The minimum absolute atomic E-state index is 0.00961. The first-order valence-electron chi connectivity index (χ1n) is 6.36. The topological polar surface area (TPSA) is 81.9 Å². The average molecular weight is 359 g/mol. The van der Waals surface area contributed by atoms with Crippen molar-refractivity contribution in [1.82, 2.24) is 4.90 Å². The molecule has 0 bridgehead atoms. The van der Waals surface area contributed by atoms with E-state index in [1.54, 1.807) is 12.1 Å². The Morgan fingerprint density at radius 2 is 2.38 bits per heavy atom. The molecule has 2 rings (SSSR count). The number of methoxy groups -OCH3 is 1. The number of nitro benzene ring substituents is 1. The predicted molar refractivity (Wildman–Crippen MR) is 77.8 cm³/mol. The maximum Gasteiger partial charge on any atom is 0.325 e. The Balaban J connectivity index is 2.21. The number of benzene rings is 1. The smallest absolute Gasteiger partial charge is 0.325 e. The van der Waals surface area contributed by atoms with Gasteiger partial charge >= 0.3 is 5.97 Å². The van der Waals surface area contributed by atoms with Gasteiger partial charge in [-0.05, 0) is 21.5 Å². The van der Waals surface area contributed by atoms with Crippen LogP contribution in [0.25, 0.3) is 0 Å². The van der Waals surface area contributed by atoms with E-state index in [1.165, 1.54) is 13.2 Å². The molecule has 0 aliphatic carbocycles. The summed E-state index contributed by atoms with van der Waals surface area (Å²) in [6.45, 7) is 1.75. The molecule has 8 heteroatoms. The van der Waals surface area contributed by atoms with Crippen LogP contribution in [0.15, 0.2) is 22.7 Å². The number of ether oxygens (including phenoxy) is 2. The lowest BCUT2D eigenvalue weighted by atomic mass is 10.1. The summed E-state index contributed by atoms with van der Waals surface area (Å²) in [5.41, 5.74) is 0.760. The molecule has 1 aromatic carbocycles. The van der Waals surface area contributed by atoms with E-state index in [1.807, 2.05) is 4.90 Å². The molecule has 1 heterocycles. The van der Waals surface area contributed by atoms with E-state index in [0.29, 0.717) is 24.2 Å². The lowest BCUT2D eigenvalue weighted by Gasteiger charge is -2.33. The van der Waals surface area contributed by atoms with Gasteiger partial charge in [0.2, 0.25) is 0 Å². The van der Waals surface area contributed by atoms with Crippen LogP contribution in [0.3, 0.4) is 0 Å². The predicted octanol–water partition coefficient (Wildman–Crippen LogP) is 1.73. The number of hydrogen-bond donors (Lipinski definition) is 0. The molecule has 0 amide bonds. The number of morpholine rings is 1. The molecule has 0 N–H and O–H groups in total. The summed E-state index contributed by atoms with van der Waals surface area (Å²) in [6, 6.07) is 4.37. The van der Waals surface area contributed by atoms with Gasteiger partial charge < -0.3 is 9.47 Å². The van der Waals surface area contributed by atoms with E-state index in [2.05, 4.69) is 15.9 Å². The maximum absolute atomic E-state index is 11.8. The van der Waals surface area contributed by atoms with Crippen LogP contribution >= 0.6 is 15.9 Å². The molecular weight excluding hydrogens is 344 g/mol. The largest absolute Gasteiger partial charge is 0.468 e. The van der Waals surface area contributed by atoms with Crippen molar-refractivity contribution >= 4 is 27.6 Å². The lowest BCUT2D eigenvalue weighted by Crippen LogP contribution is -2.49. The second kappa shape index (κ2) is 6.97. The summed E-state index contributed by atoms with van der Waals surface area (Å²) in [4.78, 5) is 24.2. The third-order valence-electron chi connectivity index (χ3n) is 3.34. The highest BCUT2D eigenvalue weighted by atomic mass is 79.9. The van der Waals surface area contributed by atoms with Gasteiger partial charge in [-0.1, -0.05) is 12.1 Å². The standard InChI is InChI=1S/C13H15BrN2O5/c1-20-13(17)11-8-21-6-5-15(11)7-9-3-2-4-10(12(9)14)16(18)19/h2-4,11H,5-8H2,1H3. The molecule has 0 radical (unpaired) electrons. The van der Waals surface area contributed by atoms with Crippen LogP contribution in [0.2, 0.25) is 0 Å². The van der Waals surface area contributed by atoms with E-state index in [4.69, 9.17) is 9.47 Å². The van der Waals surface area contributed by atoms with E-state index >= 15 is 0 Å². The van der Waals surface area contributed by atoms with E-state index in [0.717, 1.165) is 5.56 Å². The molecular formula is C13H15BrN2O5. The van der Waals surface area contributed by atoms with Crippen LogP contribution in [0.1, 0.15) is 5.56 Å². The molecule has 1 fully saturated rings. The van der Waals surface area contributed by atoms with Crippen molar-refractivity contribution in [2.45, 2.75) is 12.6 Å². The zero-order valence-corrected chi connectivity index (χ0v) is 13.0. The van der Waals surface area contributed by atoms with Crippen molar-refractivity contribution in [3.8, 4) is 0 Å². The molecule has 1 aliphatic rings. The summed E-state index contributed by atoms with van der Waals surface area (Å²) in [7, 11) is 1.33. The van der Waals surface area contributed by atoms with Crippen LogP contribution in [-0.4, -0.2) is 48.7 Å². The third-order valence-corrected chi connectivity index (χ3v) is 4.26. The van der Waals surface area contributed by atoms with Gasteiger partial charge in [0.25, 0.3) is 5.69 Å². The molecule has 1 saturated heterocycles. The minimum atomic E-state index is -0.491. The summed E-state index contributed by atoms with van der Waals surface area (Å²) in [6.07, 6.45) is 0. The highest BCUT2D eigenvalue weighted by Crippen LogP contribution is 2.29. The number of rotatable bonds is 4. The molecule has 0 saturated carbocycles. The van der Waals surface area contributed by atoms with Crippen LogP contribution in [0.4, 0.5) is 5.69 Å². The normalized spacial score (nSPS) is 19.2. The van der Waals surface area contributed by atoms with Gasteiger partial charge in [-0.3, -0.25) is 19.8 Å². The van der Waals surface area contributed by atoms with Crippen LogP contribution in [0.5, 0.6) is 0 Å². The quantitative estimate of drug-likeness (QED) is 0.463. The number of hydrogen-bond acceptors (Lipinski definition) is 6. The highest BCUT2D eigenvalue weighted by Gasteiger charge is 2.31. The Morgan fingerprint density at radius 3 is 3.05 bits per heavy atom. The molecule has 114 valence electrons. The van der Waals surface area contributed by atoms with E-state index in [-0.39, 0.29) is 18.3 Å². The molecule has 0 aromatic heterocycles. The maximum atomic E-state index is 11.8. The monoisotopic (exact) mass is 358 g/mol. The van der Waals surface area contributed by atoms with Crippen molar-refractivity contribution in [2.24, 2.45) is 0 Å². The fourth-order valence-corrected chi connectivity index (χ4v) is 2.76. The van der Waals surface area contributed by atoms with E-state index in [9.17, 15) is 14.9 Å². The molecule has 1 aromatic rings. The van der Waals surface area contributed by atoms with Crippen LogP contribution < -0.4 is 0 Å². The third kappa shape index (κ3) is 3.58. The first kappa shape index (κ1) is 15.9. The van der Waals surface area contributed by atoms with E-state index < -0.39 is 11.0 Å². The van der Waals surface area contributed by atoms with Gasteiger partial charge in [0.05, 0.1) is 29.7 Å².